The third kappa shape index (κ3) is 3.31. The molecule has 0 radical (unpaired) electrons. The van der Waals surface area contributed by atoms with Crippen molar-refractivity contribution in [2.24, 2.45) is 5.92 Å². The van der Waals surface area contributed by atoms with E-state index in [0.717, 1.165) is 56.5 Å². The van der Waals surface area contributed by atoms with Crippen molar-refractivity contribution in [2.45, 2.75) is 18.4 Å². The number of nitrogens with zero attached hydrogens (tertiary/aromatic N) is 5. The number of aromatic nitrogens is 3. The number of hydrogen-bond donors (Lipinski definition) is 1. The molecular formula is C19H26N6O. The van der Waals surface area contributed by atoms with Crippen molar-refractivity contribution in [3.63, 3.8) is 0 Å². The Morgan fingerprint density at radius 2 is 2.15 bits per heavy atom. The normalized spacial score (nSPS) is 20.8. The van der Waals surface area contributed by atoms with Crippen LogP contribution in [0.5, 0.6) is 0 Å². The predicted octanol–water partition coefficient (Wildman–Crippen LogP) is 2.04. The van der Waals surface area contributed by atoms with Gasteiger partial charge in [-0.25, -0.2) is 15.0 Å². The second kappa shape index (κ2) is 7.07. The summed E-state index contributed by atoms with van der Waals surface area (Å²) >= 11 is 0. The average Bonchev–Trinajstić information content (AvgIpc) is 3.05. The summed E-state index contributed by atoms with van der Waals surface area (Å²) in [6.07, 6.45) is 5.68. The highest BCUT2D eigenvalue weighted by Crippen LogP contribution is 2.43. The van der Waals surface area contributed by atoms with E-state index >= 15 is 0 Å². The van der Waals surface area contributed by atoms with Gasteiger partial charge in [0.05, 0.1) is 13.1 Å². The van der Waals surface area contributed by atoms with Gasteiger partial charge in [-0.05, 0) is 30.9 Å². The Labute approximate surface area is 154 Å². The number of nitrogens with one attached hydrogen (secondary N) is 1. The van der Waals surface area contributed by atoms with Gasteiger partial charge in [0.15, 0.2) is 0 Å². The molecule has 138 valence electrons. The molecule has 1 atom stereocenters. The third-order valence-electron chi connectivity index (χ3n) is 5.40. The fourth-order valence-electron chi connectivity index (χ4n) is 3.90. The maximum atomic E-state index is 6.18. The van der Waals surface area contributed by atoms with Crippen LogP contribution in [0.3, 0.4) is 0 Å². The van der Waals surface area contributed by atoms with Gasteiger partial charge in [-0.3, -0.25) is 0 Å². The standard InChI is InChI=1S/C19H26N6O/c1-24(2)17-11-18(23-14-22-17)25-12-19(13-25)15(7-10-26-19)6-9-21-16-5-3-4-8-20-16/h3-5,8,11,14-15H,6-7,9-10,12-13H2,1-2H3,(H,20,21)/t15-/m0/s1. The summed E-state index contributed by atoms with van der Waals surface area (Å²) in [6, 6.07) is 7.98. The minimum absolute atomic E-state index is 0.0188. The highest BCUT2D eigenvalue weighted by atomic mass is 16.5. The summed E-state index contributed by atoms with van der Waals surface area (Å²) in [5.41, 5.74) is -0.0188. The van der Waals surface area contributed by atoms with Crippen molar-refractivity contribution < 1.29 is 4.74 Å². The van der Waals surface area contributed by atoms with Crippen LogP contribution in [0.4, 0.5) is 17.5 Å². The molecule has 1 spiro atoms. The number of anilines is 3. The summed E-state index contributed by atoms with van der Waals surface area (Å²) in [4.78, 5) is 17.3. The Bertz CT molecular complexity index is 732. The maximum absolute atomic E-state index is 6.18. The third-order valence-corrected chi connectivity index (χ3v) is 5.40. The molecule has 2 aromatic rings. The Balaban J connectivity index is 1.34. The molecule has 0 aromatic carbocycles. The van der Waals surface area contributed by atoms with Crippen LogP contribution in [0.1, 0.15) is 12.8 Å². The molecule has 2 fully saturated rings. The van der Waals surface area contributed by atoms with E-state index < -0.39 is 0 Å². The Hall–Kier alpha value is -2.41. The molecular weight excluding hydrogens is 328 g/mol. The van der Waals surface area contributed by atoms with E-state index in [4.69, 9.17) is 4.74 Å². The molecule has 26 heavy (non-hydrogen) atoms. The molecule has 0 aliphatic carbocycles. The number of rotatable bonds is 6. The topological polar surface area (TPSA) is 66.4 Å². The van der Waals surface area contributed by atoms with E-state index in [2.05, 4.69) is 25.2 Å². The molecule has 4 rings (SSSR count). The van der Waals surface area contributed by atoms with Gasteiger partial charge in [-0.2, -0.15) is 0 Å². The zero-order valence-electron chi connectivity index (χ0n) is 15.4. The molecule has 2 aliphatic rings. The zero-order chi connectivity index (χ0) is 18.0. The zero-order valence-corrected chi connectivity index (χ0v) is 15.4. The first-order valence-electron chi connectivity index (χ1n) is 9.19. The van der Waals surface area contributed by atoms with Gasteiger partial charge in [-0.1, -0.05) is 6.07 Å². The van der Waals surface area contributed by atoms with E-state index in [9.17, 15) is 0 Å². The minimum Gasteiger partial charge on any atom is -0.371 e. The quantitative estimate of drug-likeness (QED) is 0.851. The Morgan fingerprint density at radius 1 is 1.27 bits per heavy atom. The first kappa shape index (κ1) is 17.0. The van der Waals surface area contributed by atoms with Gasteiger partial charge < -0.3 is 19.9 Å². The highest BCUT2D eigenvalue weighted by Gasteiger charge is 2.53. The van der Waals surface area contributed by atoms with Gasteiger partial charge >= 0.3 is 0 Å². The van der Waals surface area contributed by atoms with E-state index in [1.165, 1.54) is 0 Å². The molecule has 0 bridgehead atoms. The van der Waals surface area contributed by atoms with E-state index in [-0.39, 0.29) is 5.60 Å². The summed E-state index contributed by atoms with van der Waals surface area (Å²) in [6.45, 7) is 3.59. The summed E-state index contributed by atoms with van der Waals surface area (Å²) in [5.74, 6) is 3.42. The lowest BCUT2D eigenvalue weighted by molar-refractivity contribution is -0.0450. The molecule has 0 saturated carbocycles. The van der Waals surface area contributed by atoms with Gasteiger partial charge in [0.1, 0.15) is 29.4 Å². The Kier molecular flexibility index (Phi) is 4.63. The van der Waals surface area contributed by atoms with Gasteiger partial charge in [-0.15, -0.1) is 0 Å². The van der Waals surface area contributed by atoms with Crippen LogP contribution in [0, 0.1) is 5.92 Å². The van der Waals surface area contributed by atoms with Gasteiger partial charge in [0.2, 0.25) is 0 Å². The van der Waals surface area contributed by atoms with Gasteiger partial charge in [0, 0.05) is 39.5 Å². The van der Waals surface area contributed by atoms with Crippen molar-refractivity contribution in [2.75, 3.05) is 55.5 Å². The lowest BCUT2D eigenvalue weighted by Crippen LogP contribution is -2.65. The van der Waals surface area contributed by atoms with Crippen LogP contribution in [-0.2, 0) is 4.74 Å². The maximum Gasteiger partial charge on any atom is 0.134 e. The largest absolute Gasteiger partial charge is 0.371 e. The SMILES string of the molecule is CN(C)c1cc(N2CC3(C2)OCC[C@@H]3CCNc2ccccn2)ncn1. The fraction of sp³-hybridized carbons (Fsp3) is 0.526. The van der Waals surface area contributed by atoms with Crippen LogP contribution < -0.4 is 15.1 Å². The lowest BCUT2D eigenvalue weighted by atomic mass is 9.79. The van der Waals surface area contributed by atoms with Gasteiger partial charge in [0.25, 0.3) is 0 Å². The number of ether oxygens (including phenoxy) is 1. The molecule has 7 nitrogen and oxygen atoms in total. The molecule has 0 amide bonds. The van der Waals surface area contributed by atoms with Crippen LogP contribution >= 0.6 is 0 Å². The molecule has 2 aliphatic heterocycles. The van der Waals surface area contributed by atoms with Crippen molar-refractivity contribution in [1.82, 2.24) is 15.0 Å². The summed E-state index contributed by atoms with van der Waals surface area (Å²) in [7, 11) is 3.99. The highest BCUT2D eigenvalue weighted by molar-refractivity contribution is 5.52. The second-order valence-corrected chi connectivity index (χ2v) is 7.31. The molecule has 2 aromatic heterocycles. The van der Waals surface area contributed by atoms with Crippen molar-refractivity contribution in [1.29, 1.82) is 0 Å². The Morgan fingerprint density at radius 3 is 2.92 bits per heavy atom. The summed E-state index contributed by atoms with van der Waals surface area (Å²) in [5, 5.41) is 3.41. The molecule has 0 unspecified atom stereocenters. The predicted molar refractivity (Wildman–Crippen MR) is 103 cm³/mol. The second-order valence-electron chi connectivity index (χ2n) is 7.31. The summed E-state index contributed by atoms with van der Waals surface area (Å²) < 4.78 is 6.18. The fourth-order valence-corrected chi connectivity index (χ4v) is 3.90. The molecule has 7 heteroatoms. The van der Waals surface area contributed by atoms with Crippen LogP contribution in [0.15, 0.2) is 36.8 Å². The average molecular weight is 354 g/mol. The molecule has 4 heterocycles. The monoisotopic (exact) mass is 354 g/mol. The molecule has 1 N–H and O–H groups in total. The first-order chi connectivity index (χ1) is 12.7. The van der Waals surface area contributed by atoms with Crippen LogP contribution in [0.25, 0.3) is 0 Å². The molecule has 2 saturated heterocycles. The number of pyridine rings is 1. The van der Waals surface area contributed by atoms with Crippen LogP contribution in [-0.4, -0.2) is 60.9 Å². The van der Waals surface area contributed by atoms with E-state index in [0.29, 0.717) is 5.92 Å². The minimum atomic E-state index is -0.0188. The lowest BCUT2D eigenvalue weighted by Gasteiger charge is -2.51. The smallest absolute Gasteiger partial charge is 0.134 e. The van der Waals surface area contributed by atoms with Crippen molar-refractivity contribution in [3.8, 4) is 0 Å². The van der Waals surface area contributed by atoms with Crippen molar-refractivity contribution >= 4 is 17.5 Å². The first-order valence-corrected chi connectivity index (χ1v) is 9.19. The van der Waals surface area contributed by atoms with E-state index in [1.54, 1.807) is 6.33 Å². The van der Waals surface area contributed by atoms with Crippen LogP contribution in [0.2, 0.25) is 0 Å². The van der Waals surface area contributed by atoms with Crippen molar-refractivity contribution in [3.05, 3.63) is 36.8 Å². The van der Waals surface area contributed by atoms with E-state index in [1.807, 2.05) is 49.5 Å². The number of hydrogen-bond acceptors (Lipinski definition) is 7.